The Morgan fingerprint density at radius 3 is 2.51 bits per heavy atom. The molecule has 0 bridgehead atoms. The van der Waals surface area contributed by atoms with Crippen molar-refractivity contribution in [3.05, 3.63) is 17.4 Å². The topological polar surface area (TPSA) is 103 Å². The summed E-state index contributed by atoms with van der Waals surface area (Å²) in [5.41, 5.74) is 4.74. The number of amides is 2. The molecule has 0 radical (unpaired) electrons. The second-order valence-electron chi connectivity index (χ2n) is 10.1. The number of halogens is 4. The van der Waals surface area contributed by atoms with Crippen molar-refractivity contribution in [2.24, 2.45) is 5.92 Å². The van der Waals surface area contributed by atoms with Crippen LogP contribution in [0.1, 0.15) is 32.1 Å². The highest BCUT2D eigenvalue weighted by Gasteiger charge is 2.55. The predicted molar refractivity (Wildman–Crippen MR) is 128 cm³/mol. The number of nitrogens with one attached hydrogen (secondary N) is 2. The van der Waals surface area contributed by atoms with Gasteiger partial charge in [0.25, 0.3) is 0 Å². The lowest BCUT2D eigenvalue weighted by Crippen LogP contribution is -2.65. The van der Waals surface area contributed by atoms with Crippen LogP contribution in [-0.2, 0) is 14.3 Å². The molecule has 2 unspecified atom stereocenters. The van der Waals surface area contributed by atoms with Crippen molar-refractivity contribution in [1.82, 2.24) is 30.6 Å². The van der Waals surface area contributed by atoms with E-state index in [1.807, 2.05) is 9.80 Å². The average Bonchev–Trinajstić information content (AvgIpc) is 3.53. The van der Waals surface area contributed by atoms with Gasteiger partial charge in [0.05, 0.1) is 36.0 Å². The van der Waals surface area contributed by atoms with Gasteiger partial charge in [0.2, 0.25) is 17.8 Å². The lowest BCUT2D eigenvalue weighted by Gasteiger charge is -2.42. The van der Waals surface area contributed by atoms with Gasteiger partial charge in [0, 0.05) is 44.8 Å². The van der Waals surface area contributed by atoms with Crippen LogP contribution in [0.3, 0.4) is 0 Å². The van der Waals surface area contributed by atoms with Crippen LogP contribution in [0, 0.1) is 5.92 Å². The minimum atomic E-state index is -4.63. The van der Waals surface area contributed by atoms with E-state index in [4.69, 9.17) is 16.3 Å². The third-order valence-corrected chi connectivity index (χ3v) is 8.00. The number of piperazine rings is 1. The van der Waals surface area contributed by atoms with E-state index in [2.05, 4.69) is 20.8 Å². The Kier molecular flexibility index (Phi) is 7.75. The highest BCUT2D eigenvalue weighted by atomic mass is 35.5. The van der Waals surface area contributed by atoms with Crippen LogP contribution >= 0.6 is 11.6 Å². The van der Waals surface area contributed by atoms with Crippen molar-refractivity contribution in [3.8, 4) is 0 Å². The first-order valence-corrected chi connectivity index (χ1v) is 13.1. The quantitative estimate of drug-likeness (QED) is 0.572. The molecule has 5 atom stereocenters. The second-order valence-corrected chi connectivity index (χ2v) is 10.5. The number of aromatic nitrogens is 2. The highest BCUT2D eigenvalue weighted by molar-refractivity contribution is 6.30. The number of alkyl halides is 3. The SMILES string of the molecule is O=C1NNCC(N2CCC[C@H]2[C@H]2CC[C@H](CC(=O)N3CCN(c4ncc(Cl)cn4)CC3)O2)C1C(F)(F)F. The molecule has 204 valence electrons. The number of likely N-dealkylation sites (tertiary alicyclic amines) is 1. The Hall–Kier alpha value is -2.22. The summed E-state index contributed by atoms with van der Waals surface area (Å²) in [5.74, 6) is -2.54. The smallest absolute Gasteiger partial charge is 0.373 e. The summed E-state index contributed by atoms with van der Waals surface area (Å²) in [4.78, 5) is 39.1. The first-order valence-electron chi connectivity index (χ1n) is 12.7. The van der Waals surface area contributed by atoms with Crippen LogP contribution in [0.15, 0.2) is 12.4 Å². The van der Waals surface area contributed by atoms with Crippen molar-refractivity contribution in [3.63, 3.8) is 0 Å². The Labute approximate surface area is 217 Å². The molecule has 0 spiro atoms. The Morgan fingerprint density at radius 2 is 1.81 bits per heavy atom. The zero-order chi connectivity index (χ0) is 26.2. The first-order chi connectivity index (χ1) is 17.7. The van der Waals surface area contributed by atoms with E-state index in [1.54, 1.807) is 17.3 Å². The summed E-state index contributed by atoms with van der Waals surface area (Å²) in [7, 11) is 0. The van der Waals surface area contributed by atoms with Crippen LogP contribution in [0.4, 0.5) is 19.1 Å². The van der Waals surface area contributed by atoms with Gasteiger partial charge in [-0.25, -0.2) is 15.4 Å². The lowest BCUT2D eigenvalue weighted by molar-refractivity contribution is -0.202. The van der Waals surface area contributed by atoms with Crippen LogP contribution in [0.2, 0.25) is 5.02 Å². The monoisotopic (exact) mass is 545 g/mol. The average molecular weight is 546 g/mol. The summed E-state index contributed by atoms with van der Waals surface area (Å²) in [5, 5.41) is 0.467. The molecule has 5 heterocycles. The predicted octanol–water partition coefficient (Wildman–Crippen LogP) is 1.36. The molecule has 4 aliphatic rings. The number of hydrazine groups is 1. The molecule has 0 aliphatic carbocycles. The number of rotatable bonds is 5. The van der Waals surface area contributed by atoms with E-state index in [1.165, 1.54) is 0 Å². The standard InChI is InChI=1S/C23H31ClF3N7O3/c24-14-11-28-22(29-12-14)33-8-6-32(7-9-33)19(35)10-15-3-4-18(37-15)16-2-1-5-34(16)17-13-30-31-21(36)20(17)23(25,26)27/h11-12,15-18,20,30H,1-10,13H2,(H,31,36)/t15-,16+,17?,18-,20?/m1/s1. The number of ether oxygens (including phenoxy) is 1. The summed E-state index contributed by atoms with van der Waals surface area (Å²) >= 11 is 5.85. The second kappa shape index (κ2) is 10.9. The molecule has 5 rings (SSSR count). The molecule has 4 aliphatic heterocycles. The normalized spacial score (nSPS) is 31.6. The molecule has 1 aromatic heterocycles. The molecule has 4 saturated heterocycles. The number of hydrogen-bond acceptors (Lipinski definition) is 8. The summed E-state index contributed by atoms with van der Waals surface area (Å²) in [6, 6.07) is -1.18. The van der Waals surface area contributed by atoms with Crippen molar-refractivity contribution in [1.29, 1.82) is 0 Å². The molecule has 14 heteroatoms. The number of anilines is 1. The molecule has 10 nitrogen and oxygen atoms in total. The Balaban J connectivity index is 1.14. The fourth-order valence-electron chi connectivity index (χ4n) is 6.03. The summed E-state index contributed by atoms with van der Waals surface area (Å²) < 4.78 is 47.4. The van der Waals surface area contributed by atoms with E-state index in [9.17, 15) is 22.8 Å². The van der Waals surface area contributed by atoms with Gasteiger partial charge in [0.15, 0.2) is 5.92 Å². The van der Waals surface area contributed by atoms with Gasteiger partial charge >= 0.3 is 6.18 Å². The summed E-state index contributed by atoms with van der Waals surface area (Å²) in [6.45, 7) is 2.83. The Morgan fingerprint density at radius 1 is 1.08 bits per heavy atom. The number of carbonyl (C=O) groups excluding carboxylic acids is 2. The van der Waals surface area contributed by atoms with Gasteiger partial charge < -0.3 is 14.5 Å². The largest absolute Gasteiger partial charge is 0.402 e. The maximum Gasteiger partial charge on any atom is 0.402 e. The van der Waals surface area contributed by atoms with Crippen molar-refractivity contribution < 1.29 is 27.5 Å². The zero-order valence-electron chi connectivity index (χ0n) is 20.3. The van der Waals surface area contributed by atoms with Gasteiger partial charge in [-0.3, -0.25) is 19.9 Å². The van der Waals surface area contributed by atoms with E-state index >= 15 is 0 Å². The van der Waals surface area contributed by atoms with Gasteiger partial charge in [-0.15, -0.1) is 0 Å². The van der Waals surface area contributed by atoms with Crippen molar-refractivity contribution in [2.45, 2.75) is 62.6 Å². The molecular weight excluding hydrogens is 515 g/mol. The van der Waals surface area contributed by atoms with Crippen molar-refractivity contribution in [2.75, 3.05) is 44.2 Å². The van der Waals surface area contributed by atoms with E-state index in [0.29, 0.717) is 63.0 Å². The zero-order valence-corrected chi connectivity index (χ0v) is 21.0. The molecule has 2 N–H and O–H groups in total. The van der Waals surface area contributed by atoms with Crippen molar-refractivity contribution >= 4 is 29.4 Å². The minimum absolute atomic E-state index is 0.0101. The van der Waals surface area contributed by atoms with E-state index < -0.39 is 24.0 Å². The molecule has 4 fully saturated rings. The maximum absolute atomic E-state index is 13.7. The number of carbonyl (C=O) groups is 2. The van der Waals surface area contributed by atoms with Crippen LogP contribution < -0.4 is 15.8 Å². The maximum atomic E-state index is 13.7. The van der Waals surface area contributed by atoms with Crippen LogP contribution in [0.5, 0.6) is 0 Å². The molecular formula is C23H31ClF3N7O3. The van der Waals surface area contributed by atoms with Gasteiger partial charge in [-0.2, -0.15) is 13.2 Å². The lowest BCUT2D eigenvalue weighted by atomic mass is 9.93. The summed E-state index contributed by atoms with van der Waals surface area (Å²) in [6.07, 6.45) is 1.03. The van der Waals surface area contributed by atoms with E-state index in [-0.39, 0.29) is 37.1 Å². The van der Waals surface area contributed by atoms with Crippen LogP contribution in [-0.4, -0.2) is 101 Å². The van der Waals surface area contributed by atoms with Gasteiger partial charge in [-0.1, -0.05) is 11.6 Å². The van der Waals surface area contributed by atoms with Gasteiger partial charge in [0.1, 0.15) is 0 Å². The number of hydrogen-bond donors (Lipinski definition) is 2. The van der Waals surface area contributed by atoms with Gasteiger partial charge in [-0.05, 0) is 32.2 Å². The number of nitrogens with zero attached hydrogens (tertiary/aromatic N) is 5. The molecule has 1 aromatic rings. The first kappa shape index (κ1) is 26.4. The van der Waals surface area contributed by atoms with E-state index in [0.717, 1.165) is 6.42 Å². The highest BCUT2D eigenvalue weighted by Crippen LogP contribution is 2.38. The Bertz CT molecular complexity index is 977. The fourth-order valence-corrected chi connectivity index (χ4v) is 6.13. The third kappa shape index (κ3) is 5.79. The molecule has 37 heavy (non-hydrogen) atoms. The molecule has 2 amide bonds. The minimum Gasteiger partial charge on any atom is -0.373 e. The molecule has 0 aromatic carbocycles. The third-order valence-electron chi connectivity index (χ3n) is 7.80. The van der Waals surface area contributed by atoms with Crippen LogP contribution in [0.25, 0.3) is 0 Å². The molecule has 0 saturated carbocycles. The fraction of sp³-hybridized carbons (Fsp3) is 0.739.